The lowest BCUT2D eigenvalue weighted by Crippen LogP contribution is -2.64. The fourth-order valence-electron chi connectivity index (χ4n) is 6.99. The summed E-state index contributed by atoms with van der Waals surface area (Å²) in [7, 11) is 0. The minimum Gasteiger partial charge on any atom is -0.396 e. The van der Waals surface area contributed by atoms with Crippen LogP contribution in [0.1, 0.15) is 66.2 Å². The summed E-state index contributed by atoms with van der Waals surface area (Å²) in [5, 5.41) is 62.2. The zero-order valence-electron chi connectivity index (χ0n) is 20.5. The highest BCUT2D eigenvalue weighted by Gasteiger charge is 2.62. The fourth-order valence-corrected chi connectivity index (χ4v) is 6.99. The van der Waals surface area contributed by atoms with Gasteiger partial charge in [0.1, 0.15) is 18.3 Å². The molecule has 0 radical (unpaired) electrons. The van der Waals surface area contributed by atoms with Gasteiger partial charge in [0.15, 0.2) is 6.29 Å². The maximum Gasteiger partial charge on any atom is 0.186 e. The number of aliphatic hydroxyl groups is 6. The minimum absolute atomic E-state index is 0.0405. The molecule has 192 valence electrons. The van der Waals surface area contributed by atoms with E-state index in [1.165, 1.54) is 6.08 Å². The second-order valence-corrected chi connectivity index (χ2v) is 11.6. The smallest absolute Gasteiger partial charge is 0.186 e. The van der Waals surface area contributed by atoms with Crippen LogP contribution in [-0.4, -0.2) is 85.8 Å². The van der Waals surface area contributed by atoms with E-state index in [0.29, 0.717) is 32.1 Å². The quantitative estimate of drug-likeness (QED) is 0.239. The van der Waals surface area contributed by atoms with Crippen LogP contribution >= 0.6 is 0 Å². The molecule has 3 aliphatic rings. The van der Waals surface area contributed by atoms with Crippen molar-refractivity contribution >= 4 is 0 Å². The summed E-state index contributed by atoms with van der Waals surface area (Å²) < 4.78 is 12.0. The van der Waals surface area contributed by atoms with Crippen LogP contribution in [0.2, 0.25) is 0 Å². The number of fused-ring (bicyclic) bond motifs is 1. The van der Waals surface area contributed by atoms with E-state index in [2.05, 4.69) is 13.5 Å². The molecule has 11 atom stereocenters. The van der Waals surface area contributed by atoms with Gasteiger partial charge in [-0.2, -0.15) is 0 Å². The Bertz CT molecular complexity index is 700. The van der Waals surface area contributed by atoms with Crippen LogP contribution in [0.5, 0.6) is 0 Å². The molecule has 0 amide bonds. The second kappa shape index (κ2) is 9.47. The lowest BCUT2D eigenvalue weighted by molar-refractivity contribution is -0.326. The Kier molecular flexibility index (Phi) is 7.75. The van der Waals surface area contributed by atoms with Crippen molar-refractivity contribution < 1.29 is 40.1 Å². The van der Waals surface area contributed by atoms with Crippen LogP contribution in [0.25, 0.3) is 0 Å². The molecule has 1 saturated heterocycles. The molecule has 2 saturated carbocycles. The number of rotatable bonds is 7. The van der Waals surface area contributed by atoms with Crippen molar-refractivity contribution in [2.75, 3.05) is 13.2 Å². The van der Waals surface area contributed by atoms with Crippen LogP contribution in [0.4, 0.5) is 0 Å². The molecular formula is C25H44O8. The third-order valence-corrected chi connectivity index (χ3v) is 9.33. The first-order chi connectivity index (χ1) is 15.2. The normalized spacial score (nSPS) is 50.3. The SMILES string of the molecule is C=C[C@@](C)(O)CC[C@@H]1[C@@]2(C)CC[C@H](O)[C@@](C)(CO)[C@@H]2CC[C@@]1(C)O[C@@H]1OC[C@H](O)[C@H](O)[C@H]1O. The molecule has 3 rings (SSSR count). The van der Waals surface area contributed by atoms with Crippen LogP contribution in [-0.2, 0) is 9.47 Å². The molecule has 2 aliphatic carbocycles. The summed E-state index contributed by atoms with van der Waals surface area (Å²) in [6.45, 7) is 11.3. The Morgan fingerprint density at radius 1 is 1.09 bits per heavy atom. The van der Waals surface area contributed by atoms with E-state index >= 15 is 0 Å². The van der Waals surface area contributed by atoms with E-state index in [0.717, 1.165) is 6.42 Å². The highest BCUT2D eigenvalue weighted by Crippen LogP contribution is 2.64. The molecule has 0 aromatic rings. The Morgan fingerprint density at radius 3 is 2.36 bits per heavy atom. The molecule has 0 aromatic carbocycles. The average Bonchev–Trinajstić information content (AvgIpc) is 2.76. The topological polar surface area (TPSA) is 140 Å². The number of hydrogen-bond donors (Lipinski definition) is 6. The van der Waals surface area contributed by atoms with E-state index in [-0.39, 0.29) is 30.5 Å². The maximum absolute atomic E-state index is 10.8. The van der Waals surface area contributed by atoms with Gasteiger partial charge in [-0.1, -0.05) is 19.9 Å². The summed E-state index contributed by atoms with van der Waals surface area (Å²) in [6.07, 6.45) is -0.407. The highest BCUT2D eigenvalue weighted by molar-refractivity contribution is 5.12. The molecule has 8 heteroatoms. The Hall–Kier alpha value is -0.580. The van der Waals surface area contributed by atoms with E-state index < -0.39 is 47.3 Å². The highest BCUT2D eigenvalue weighted by atomic mass is 16.7. The van der Waals surface area contributed by atoms with Gasteiger partial charge in [-0.05, 0) is 69.6 Å². The molecule has 0 unspecified atom stereocenters. The van der Waals surface area contributed by atoms with Gasteiger partial charge in [0.2, 0.25) is 0 Å². The Morgan fingerprint density at radius 2 is 1.76 bits per heavy atom. The summed E-state index contributed by atoms with van der Waals surface area (Å²) in [6, 6.07) is 0. The van der Waals surface area contributed by atoms with Gasteiger partial charge in [-0.25, -0.2) is 0 Å². The minimum atomic E-state index is -1.39. The van der Waals surface area contributed by atoms with Gasteiger partial charge in [0.05, 0.1) is 30.5 Å². The molecule has 3 fully saturated rings. The molecule has 8 nitrogen and oxygen atoms in total. The monoisotopic (exact) mass is 472 g/mol. The van der Waals surface area contributed by atoms with Crippen molar-refractivity contribution in [1.82, 2.24) is 0 Å². The molecule has 0 aromatic heterocycles. The molecule has 1 aliphatic heterocycles. The summed E-state index contributed by atoms with van der Waals surface area (Å²) in [5.74, 6) is -0.0490. The predicted octanol–water partition coefficient (Wildman–Crippen LogP) is 1.10. The van der Waals surface area contributed by atoms with Crippen molar-refractivity contribution in [2.45, 2.75) is 108 Å². The van der Waals surface area contributed by atoms with Gasteiger partial charge in [0.25, 0.3) is 0 Å². The van der Waals surface area contributed by atoms with Crippen LogP contribution in [0.15, 0.2) is 12.7 Å². The number of aliphatic hydroxyl groups excluding tert-OH is 5. The lowest BCUT2D eigenvalue weighted by Gasteiger charge is -2.64. The second-order valence-electron chi connectivity index (χ2n) is 11.6. The zero-order valence-corrected chi connectivity index (χ0v) is 20.5. The van der Waals surface area contributed by atoms with Crippen molar-refractivity contribution in [2.24, 2.45) is 22.7 Å². The molecule has 0 spiro atoms. The maximum atomic E-state index is 10.8. The van der Waals surface area contributed by atoms with Crippen molar-refractivity contribution in [3.8, 4) is 0 Å². The van der Waals surface area contributed by atoms with E-state index in [1.807, 2.05) is 13.8 Å². The van der Waals surface area contributed by atoms with Crippen LogP contribution in [0, 0.1) is 22.7 Å². The van der Waals surface area contributed by atoms with Gasteiger partial charge in [0, 0.05) is 5.41 Å². The largest absolute Gasteiger partial charge is 0.396 e. The summed E-state index contributed by atoms with van der Waals surface area (Å²) >= 11 is 0. The first-order valence-corrected chi connectivity index (χ1v) is 12.2. The molecule has 0 bridgehead atoms. The van der Waals surface area contributed by atoms with Crippen molar-refractivity contribution in [3.05, 3.63) is 12.7 Å². The van der Waals surface area contributed by atoms with Gasteiger partial charge < -0.3 is 40.1 Å². The van der Waals surface area contributed by atoms with Gasteiger partial charge >= 0.3 is 0 Å². The van der Waals surface area contributed by atoms with Crippen LogP contribution < -0.4 is 0 Å². The van der Waals surface area contributed by atoms with Crippen LogP contribution in [0.3, 0.4) is 0 Å². The predicted molar refractivity (Wildman–Crippen MR) is 122 cm³/mol. The number of ether oxygens (including phenoxy) is 2. The van der Waals surface area contributed by atoms with E-state index in [1.54, 1.807) is 6.92 Å². The third-order valence-electron chi connectivity index (χ3n) is 9.33. The number of hydrogen-bond acceptors (Lipinski definition) is 8. The van der Waals surface area contributed by atoms with E-state index in [4.69, 9.17) is 9.47 Å². The van der Waals surface area contributed by atoms with E-state index in [9.17, 15) is 30.6 Å². The molecule has 33 heavy (non-hydrogen) atoms. The van der Waals surface area contributed by atoms with Gasteiger partial charge in [-0.15, -0.1) is 6.58 Å². The first-order valence-electron chi connectivity index (χ1n) is 12.2. The lowest BCUT2D eigenvalue weighted by atomic mass is 9.44. The third kappa shape index (κ3) is 4.78. The first kappa shape index (κ1) is 27.0. The standard InChI is InChI=1S/C25H44O8/c1-6-22(2,31)10-7-17-23(3)11-9-18(28)24(4,14-26)16(23)8-12-25(17,5)33-21-20(30)19(29)15(27)13-32-21/h6,15-21,26-31H,1,7-14H2,2-5H3/t15-,16+,17+,18-,19-,20+,21-,22+,23-,24-,25+/m0/s1. The fraction of sp³-hybridized carbons (Fsp3) is 0.920. The summed E-state index contributed by atoms with van der Waals surface area (Å²) in [4.78, 5) is 0. The Labute approximate surface area is 197 Å². The molecule has 1 heterocycles. The molecule has 6 N–H and O–H groups in total. The molecular weight excluding hydrogens is 428 g/mol. The van der Waals surface area contributed by atoms with Gasteiger partial charge in [-0.3, -0.25) is 0 Å². The Balaban J connectivity index is 1.95. The van der Waals surface area contributed by atoms with Crippen molar-refractivity contribution in [3.63, 3.8) is 0 Å². The zero-order chi connectivity index (χ0) is 24.8. The van der Waals surface area contributed by atoms with Crippen molar-refractivity contribution in [1.29, 1.82) is 0 Å². The average molecular weight is 473 g/mol. The summed E-state index contributed by atoms with van der Waals surface area (Å²) in [5.41, 5.74) is -2.76.